The van der Waals surface area contributed by atoms with Crippen molar-refractivity contribution in [1.82, 2.24) is 5.32 Å². The molecular weight excluding hydrogens is 335 g/mol. The number of carbonyl (C=O) groups is 1. The van der Waals surface area contributed by atoms with E-state index in [9.17, 15) is 9.18 Å². The average molecular weight is 354 g/mol. The molecule has 0 radical (unpaired) electrons. The van der Waals surface area contributed by atoms with E-state index in [2.05, 4.69) is 5.32 Å². The lowest BCUT2D eigenvalue weighted by molar-refractivity contribution is 0.100. The van der Waals surface area contributed by atoms with Crippen molar-refractivity contribution < 1.29 is 18.3 Å². The first kappa shape index (κ1) is 16.8. The summed E-state index contributed by atoms with van der Waals surface area (Å²) in [7, 11) is 0. The van der Waals surface area contributed by atoms with Crippen LogP contribution in [0.1, 0.15) is 22.3 Å². The van der Waals surface area contributed by atoms with Gasteiger partial charge in [-0.05, 0) is 30.2 Å². The summed E-state index contributed by atoms with van der Waals surface area (Å²) in [5, 5.41) is 3.98. The van der Waals surface area contributed by atoms with E-state index < -0.39 is 11.7 Å². The van der Waals surface area contributed by atoms with E-state index in [1.165, 1.54) is 6.07 Å². The third kappa shape index (κ3) is 3.34. The second-order valence-electron chi connectivity index (χ2n) is 6.48. The Labute approximate surface area is 149 Å². The van der Waals surface area contributed by atoms with Crippen LogP contribution in [-0.2, 0) is 11.3 Å². The van der Waals surface area contributed by atoms with E-state index in [1.54, 1.807) is 6.07 Å². The van der Waals surface area contributed by atoms with Crippen molar-refractivity contribution >= 4 is 16.9 Å². The summed E-state index contributed by atoms with van der Waals surface area (Å²) < 4.78 is 24.8. The van der Waals surface area contributed by atoms with E-state index in [4.69, 9.17) is 14.9 Å². The summed E-state index contributed by atoms with van der Waals surface area (Å²) >= 11 is 0. The molecule has 1 amide bonds. The summed E-state index contributed by atoms with van der Waals surface area (Å²) in [5.41, 5.74) is 7.68. The third-order valence-electron chi connectivity index (χ3n) is 4.61. The summed E-state index contributed by atoms with van der Waals surface area (Å²) in [6, 6.07) is 12.5. The first-order chi connectivity index (χ1) is 12.6. The molecule has 134 valence electrons. The standard InChI is InChI=1S/C20H19FN2O3/c21-15-7-14-8-18(26-19(14)17(9-15)20(22)24)13-3-1-12(2-4-13)10-23-16-5-6-25-11-16/h1-4,7-9,16,23H,5-6,10-11H2,(H2,22,24)/t16-/m1/s1. The number of amides is 1. The molecule has 5 nitrogen and oxygen atoms in total. The lowest BCUT2D eigenvalue weighted by Gasteiger charge is -2.10. The summed E-state index contributed by atoms with van der Waals surface area (Å²) in [5.74, 6) is -0.666. The topological polar surface area (TPSA) is 77.5 Å². The maximum Gasteiger partial charge on any atom is 0.252 e. The summed E-state index contributed by atoms with van der Waals surface area (Å²) in [6.45, 7) is 2.35. The van der Waals surface area contributed by atoms with E-state index in [-0.39, 0.29) is 5.56 Å². The predicted octanol–water partition coefficient (Wildman–Crippen LogP) is 3.22. The Kier molecular flexibility index (Phi) is 4.44. The lowest BCUT2D eigenvalue weighted by atomic mass is 10.1. The number of benzene rings is 2. The number of fused-ring (bicyclic) bond motifs is 1. The minimum Gasteiger partial charge on any atom is -0.455 e. The average Bonchev–Trinajstić information content (AvgIpc) is 3.29. The van der Waals surface area contributed by atoms with Crippen molar-refractivity contribution in [3.8, 4) is 11.3 Å². The zero-order valence-electron chi connectivity index (χ0n) is 14.1. The second-order valence-corrected chi connectivity index (χ2v) is 6.48. The largest absolute Gasteiger partial charge is 0.455 e. The van der Waals surface area contributed by atoms with E-state index in [1.807, 2.05) is 24.3 Å². The number of nitrogens with one attached hydrogen (secondary N) is 1. The van der Waals surface area contributed by atoms with Crippen LogP contribution in [0.2, 0.25) is 0 Å². The molecule has 3 N–H and O–H groups in total. The monoisotopic (exact) mass is 354 g/mol. The van der Waals surface area contributed by atoms with Crippen LogP contribution in [-0.4, -0.2) is 25.2 Å². The van der Waals surface area contributed by atoms with Crippen molar-refractivity contribution in [3.05, 3.63) is 59.4 Å². The zero-order valence-corrected chi connectivity index (χ0v) is 14.1. The van der Waals surface area contributed by atoms with Gasteiger partial charge in [0.15, 0.2) is 0 Å². The minimum atomic E-state index is -0.715. The number of ether oxygens (including phenoxy) is 1. The Hall–Kier alpha value is -2.70. The van der Waals surface area contributed by atoms with Crippen LogP contribution in [0, 0.1) is 5.82 Å². The van der Waals surface area contributed by atoms with Gasteiger partial charge in [-0.2, -0.15) is 0 Å². The molecule has 1 atom stereocenters. The quantitative estimate of drug-likeness (QED) is 0.737. The van der Waals surface area contributed by atoms with Crippen molar-refractivity contribution in [2.24, 2.45) is 5.73 Å². The Morgan fingerprint density at radius 2 is 2.04 bits per heavy atom. The Bertz CT molecular complexity index is 944. The summed E-state index contributed by atoms with van der Waals surface area (Å²) in [4.78, 5) is 11.5. The molecule has 26 heavy (non-hydrogen) atoms. The van der Waals surface area contributed by atoms with Gasteiger partial charge in [0.25, 0.3) is 5.91 Å². The molecule has 2 aromatic carbocycles. The molecule has 0 aliphatic carbocycles. The van der Waals surface area contributed by atoms with Gasteiger partial charge in [-0.15, -0.1) is 0 Å². The second kappa shape index (κ2) is 6.90. The van der Waals surface area contributed by atoms with Gasteiger partial charge in [-0.3, -0.25) is 4.79 Å². The van der Waals surface area contributed by atoms with Gasteiger partial charge < -0.3 is 20.2 Å². The molecule has 1 aliphatic rings. The molecule has 0 unspecified atom stereocenters. The maximum atomic E-state index is 13.7. The number of furan rings is 1. The van der Waals surface area contributed by atoms with Crippen LogP contribution in [0.15, 0.2) is 46.9 Å². The first-order valence-electron chi connectivity index (χ1n) is 8.53. The van der Waals surface area contributed by atoms with Gasteiger partial charge in [-0.25, -0.2) is 4.39 Å². The Morgan fingerprint density at radius 1 is 1.23 bits per heavy atom. The molecule has 6 heteroatoms. The SMILES string of the molecule is NC(=O)c1cc(F)cc2cc(-c3ccc(CN[C@@H]4CCOC4)cc3)oc12. The van der Waals surface area contributed by atoms with Gasteiger partial charge in [0.1, 0.15) is 17.2 Å². The van der Waals surface area contributed by atoms with Gasteiger partial charge in [0.2, 0.25) is 0 Å². The molecule has 1 saturated heterocycles. The fraction of sp³-hybridized carbons (Fsp3) is 0.250. The molecule has 3 aromatic rings. The van der Waals surface area contributed by atoms with Crippen LogP contribution >= 0.6 is 0 Å². The minimum absolute atomic E-state index is 0.0471. The van der Waals surface area contributed by atoms with E-state index >= 15 is 0 Å². The first-order valence-corrected chi connectivity index (χ1v) is 8.53. The number of rotatable bonds is 5. The predicted molar refractivity (Wildman–Crippen MR) is 96.2 cm³/mol. The van der Waals surface area contributed by atoms with Crippen LogP contribution in [0.5, 0.6) is 0 Å². The molecule has 0 saturated carbocycles. The van der Waals surface area contributed by atoms with E-state index in [0.29, 0.717) is 22.8 Å². The lowest BCUT2D eigenvalue weighted by Crippen LogP contribution is -2.28. The highest BCUT2D eigenvalue weighted by molar-refractivity contribution is 6.04. The van der Waals surface area contributed by atoms with Crippen LogP contribution in [0.25, 0.3) is 22.3 Å². The molecule has 1 aromatic heterocycles. The number of halogens is 1. The number of nitrogens with two attached hydrogens (primary N) is 1. The number of primary amides is 1. The van der Waals surface area contributed by atoms with Gasteiger partial charge >= 0.3 is 0 Å². The Morgan fingerprint density at radius 3 is 2.73 bits per heavy atom. The van der Waals surface area contributed by atoms with Crippen molar-refractivity contribution in [3.63, 3.8) is 0 Å². The molecular formula is C20H19FN2O3. The highest BCUT2D eigenvalue weighted by atomic mass is 19.1. The third-order valence-corrected chi connectivity index (χ3v) is 4.61. The molecule has 2 heterocycles. The van der Waals surface area contributed by atoms with Gasteiger partial charge in [0.05, 0.1) is 12.2 Å². The fourth-order valence-corrected chi connectivity index (χ4v) is 3.19. The van der Waals surface area contributed by atoms with Crippen molar-refractivity contribution in [2.45, 2.75) is 19.0 Å². The number of hydrogen-bond donors (Lipinski definition) is 2. The number of carbonyl (C=O) groups excluding carboxylic acids is 1. The van der Waals surface area contributed by atoms with Gasteiger partial charge in [-0.1, -0.05) is 24.3 Å². The zero-order chi connectivity index (χ0) is 18.1. The van der Waals surface area contributed by atoms with Crippen LogP contribution in [0.3, 0.4) is 0 Å². The Balaban J connectivity index is 1.57. The molecule has 0 bridgehead atoms. The molecule has 4 rings (SSSR count). The van der Waals surface area contributed by atoms with Crippen LogP contribution < -0.4 is 11.1 Å². The van der Waals surface area contributed by atoms with E-state index in [0.717, 1.165) is 43.4 Å². The molecule has 1 fully saturated rings. The normalized spacial score (nSPS) is 17.0. The fourth-order valence-electron chi connectivity index (χ4n) is 3.19. The van der Waals surface area contributed by atoms with Crippen molar-refractivity contribution in [1.29, 1.82) is 0 Å². The smallest absolute Gasteiger partial charge is 0.252 e. The van der Waals surface area contributed by atoms with Gasteiger partial charge in [0, 0.05) is 30.1 Å². The molecule has 0 spiro atoms. The van der Waals surface area contributed by atoms with Crippen LogP contribution in [0.4, 0.5) is 4.39 Å². The number of hydrogen-bond acceptors (Lipinski definition) is 4. The maximum absolute atomic E-state index is 13.7. The highest BCUT2D eigenvalue weighted by Gasteiger charge is 2.16. The molecule has 1 aliphatic heterocycles. The van der Waals surface area contributed by atoms with Crippen molar-refractivity contribution in [2.75, 3.05) is 13.2 Å². The highest BCUT2D eigenvalue weighted by Crippen LogP contribution is 2.30. The summed E-state index contributed by atoms with van der Waals surface area (Å²) in [6.07, 6.45) is 1.04.